The second-order valence-corrected chi connectivity index (χ2v) is 9.50. The van der Waals surface area contributed by atoms with Gasteiger partial charge < -0.3 is 5.32 Å². The minimum absolute atomic E-state index is 0.0275. The van der Waals surface area contributed by atoms with Gasteiger partial charge in [0.25, 0.3) is 5.91 Å². The third kappa shape index (κ3) is 3.98. The number of hydrogen-bond donors (Lipinski definition) is 1. The molecule has 0 atom stereocenters. The van der Waals surface area contributed by atoms with Crippen molar-refractivity contribution in [3.05, 3.63) is 88.3 Å². The smallest absolute Gasteiger partial charge is 0.321 e. The van der Waals surface area contributed by atoms with Gasteiger partial charge in [0.15, 0.2) is 0 Å². The molecule has 0 saturated heterocycles. The van der Waals surface area contributed by atoms with E-state index < -0.39 is 33.2 Å². The van der Waals surface area contributed by atoms with Crippen molar-refractivity contribution >= 4 is 32.5 Å². The fourth-order valence-corrected chi connectivity index (χ4v) is 5.01. The first kappa shape index (κ1) is 23.3. The SMILES string of the molecule is Cn1c(=O)n(C)c2cc(S(=O)(=O)c3ccccc3)c(NC(=O)c3ccc(C(F)(F)F)cc3)cc21. The van der Waals surface area contributed by atoms with Gasteiger partial charge in [0.2, 0.25) is 9.84 Å². The summed E-state index contributed by atoms with van der Waals surface area (Å²) < 4.78 is 67.9. The second kappa shape index (κ2) is 8.17. The van der Waals surface area contributed by atoms with Crippen molar-refractivity contribution in [3.8, 4) is 0 Å². The summed E-state index contributed by atoms with van der Waals surface area (Å²) >= 11 is 0. The highest BCUT2D eigenvalue weighted by atomic mass is 32.2. The highest BCUT2D eigenvalue weighted by Gasteiger charge is 2.30. The number of carbonyl (C=O) groups excluding carboxylic acids is 1. The maximum atomic E-state index is 13.4. The lowest BCUT2D eigenvalue weighted by Gasteiger charge is -2.14. The Morgan fingerprint density at radius 2 is 1.44 bits per heavy atom. The van der Waals surface area contributed by atoms with Crippen molar-refractivity contribution in [2.24, 2.45) is 14.1 Å². The number of nitrogens with zero attached hydrogens (tertiary/aromatic N) is 2. The normalized spacial score (nSPS) is 12.1. The molecule has 0 aliphatic heterocycles. The van der Waals surface area contributed by atoms with Crippen LogP contribution < -0.4 is 11.0 Å². The van der Waals surface area contributed by atoms with Crippen LogP contribution in [-0.2, 0) is 30.1 Å². The summed E-state index contributed by atoms with van der Waals surface area (Å²) in [4.78, 5) is 24.9. The molecule has 0 aliphatic rings. The first-order valence-electron chi connectivity index (χ1n) is 9.89. The van der Waals surface area contributed by atoms with Crippen molar-refractivity contribution < 1.29 is 26.4 Å². The Balaban J connectivity index is 1.85. The monoisotopic (exact) mass is 489 g/mol. The lowest BCUT2D eigenvalue weighted by molar-refractivity contribution is -0.137. The predicted molar refractivity (Wildman–Crippen MR) is 119 cm³/mol. The minimum Gasteiger partial charge on any atom is -0.321 e. The molecule has 11 heteroatoms. The van der Waals surface area contributed by atoms with Gasteiger partial charge in [-0.1, -0.05) is 18.2 Å². The number of hydrogen-bond acceptors (Lipinski definition) is 4. The van der Waals surface area contributed by atoms with Crippen LogP contribution in [0.15, 0.2) is 81.3 Å². The van der Waals surface area contributed by atoms with Gasteiger partial charge in [-0.15, -0.1) is 0 Å². The van der Waals surface area contributed by atoms with Gasteiger partial charge in [-0.2, -0.15) is 13.2 Å². The van der Waals surface area contributed by atoms with Gasteiger partial charge in [-0.05, 0) is 48.5 Å². The third-order valence-electron chi connectivity index (χ3n) is 5.44. The lowest BCUT2D eigenvalue weighted by Crippen LogP contribution is -2.19. The van der Waals surface area contributed by atoms with E-state index in [4.69, 9.17) is 0 Å². The Labute approximate surface area is 192 Å². The third-order valence-corrected chi connectivity index (χ3v) is 7.25. The predicted octanol–water partition coefficient (Wildman–Crippen LogP) is 3.98. The minimum atomic E-state index is -4.56. The summed E-state index contributed by atoms with van der Waals surface area (Å²) in [6.07, 6.45) is -4.56. The maximum Gasteiger partial charge on any atom is 0.416 e. The summed E-state index contributed by atoms with van der Waals surface area (Å²) in [5, 5.41) is 2.49. The molecule has 1 N–H and O–H groups in total. The van der Waals surface area contributed by atoms with Crippen LogP contribution in [0.5, 0.6) is 0 Å². The van der Waals surface area contributed by atoms with Gasteiger partial charge >= 0.3 is 11.9 Å². The summed E-state index contributed by atoms with van der Waals surface area (Å²) in [7, 11) is -1.14. The number of carbonyl (C=O) groups is 1. The fourth-order valence-electron chi connectivity index (χ4n) is 3.58. The van der Waals surface area contributed by atoms with Crippen molar-refractivity contribution in [1.82, 2.24) is 9.13 Å². The standard InChI is InChI=1S/C23H18F3N3O4S/c1-28-18-12-17(27-21(30)14-8-10-15(11-9-14)23(24,25)26)20(13-19(18)29(2)22(28)31)34(32,33)16-6-4-3-5-7-16/h3-13H,1-2H3,(H,27,30). The van der Waals surface area contributed by atoms with Crippen LogP contribution in [0.1, 0.15) is 15.9 Å². The number of imidazole rings is 1. The Hall–Kier alpha value is -3.86. The van der Waals surface area contributed by atoms with Gasteiger partial charge in [-0.25, -0.2) is 13.2 Å². The van der Waals surface area contributed by atoms with E-state index in [2.05, 4.69) is 5.32 Å². The molecule has 1 amide bonds. The number of sulfone groups is 1. The summed E-state index contributed by atoms with van der Waals surface area (Å²) in [5.41, 5.74) is -0.835. The van der Waals surface area contributed by atoms with E-state index in [9.17, 15) is 31.2 Å². The fraction of sp³-hybridized carbons (Fsp3) is 0.130. The quantitative estimate of drug-likeness (QED) is 0.470. The summed E-state index contributed by atoms with van der Waals surface area (Å²) in [5.74, 6) is -0.807. The van der Waals surface area contributed by atoms with Gasteiger partial charge in [-0.3, -0.25) is 13.9 Å². The zero-order valence-electron chi connectivity index (χ0n) is 17.9. The molecule has 0 aliphatic carbocycles. The maximum absolute atomic E-state index is 13.4. The van der Waals surface area contributed by atoms with Crippen LogP contribution in [0.4, 0.5) is 18.9 Å². The first-order chi connectivity index (χ1) is 15.9. The average molecular weight is 489 g/mol. The van der Waals surface area contributed by atoms with Crippen molar-refractivity contribution in [1.29, 1.82) is 0 Å². The van der Waals surface area contributed by atoms with E-state index in [0.717, 1.165) is 24.3 Å². The molecule has 0 spiro atoms. The Bertz CT molecular complexity index is 1570. The number of aryl methyl sites for hydroxylation is 2. The summed E-state index contributed by atoms with van der Waals surface area (Å²) in [6, 6.07) is 13.7. The summed E-state index contributed by atoms with van der Waals surface area (Å²) in [6.45, 7) is 0. The van der Waals surface area contributed by atoms with Crippen molar-refractivity contribution in [3.63, 3.8) is 0 Å². The number of fused-ring (bicyclic) bond motifs is 1. The van der Waals surface area contributed by atoms with Crippen molar-refractivity contribution in [2.75, 3.05) is 5.32 Å². The number of halogens is 3. The van der Waals surface area contributed by atoms with Crippen LogP contribution in [0.25, 0.3) is 11.0 Å². The number of benzene rings is 3. The molecule has 0 radical (unpaired) electrons. The largest absolute Gasteiger partial charge is 0.416 e. The van der Waals surface area contributed by atoms with Crippen molar-refractivity contribution in [2.45, 2.75) is 16.0 Å². The number of aromatic nitrogens is 2. The highest BCUT2D eigenvalue weighted by molar-refractivity contribution is 7.91. The van der Waals surface area contributed by atoms with E-state index in [-0.39, 0.29) is 21.0 Å². The van der Waals surface area contributed by atoms with E-state index in [1.807, 2.05) is 0 Å². The van der Waals surface area contributed by atoms with E-state index in [1.54, 1.807) is 18.2 Å². The molecule has 1 aromatic heterocycles. The van der Waals surface area contributed by atoms with Crippen LogP contribution in [0.3, 0.4) is 0 Å². The van der Waals surface area contributed by atoms with Crippen LogP contribution in [0, 0.1) is 0 Å². The average Bonchev–Trinajstić information content (AvgIpc) is 3.02. The van der Waals surface area contributed by atoms with Gasteiger partial charge in [0.1, 0.15) is 0 Å². The molecule has 0 bridgehead atoms. The molecule has 3 aromatic carbocycles. The lowest BCUT2D eigenvalue weighted by atomic mass is 10.1. The number of anilines is 1. The van der Waals surface area contributed by atoms with E-state index >= 15 is 0 Å². The molecular weight excluding hydrogens is 471 g/mol. The molecule has 0 saturated carbocycles. The molecule has 7 nitrogen and oxygen atoms in total. The van der Waals surface area contributed by atoms with Crippen LogP contribution in [-0.4, -0.2) is 23.5 Å². The zero-order valence-corrected chi connectivity index (χ0v) is 18.7. The molecular formula is C23H18F3N3O4S. The molecule has 0 fully saturated rings. The Morgan fingerprint density at radius 3 is 2.00 bits per heavy atom. The second-order valence-electron chi connectivity index (χ2n) is 7.58. The zero-order chi connectivity index (χ0) is 24.8. The molecule has 176 valence electrons. The highest BCUT2D eigenvalue weighted by Crippen LogP contribution is 2.33. The molecule has 0 unspecified atom stereocenters. The molecule has 1 heterocycles. The first-order valence-corrected chi connectivity index (χ1v) is 11.4. The number of amides is 1. The Morgan fingerprint density at radius 1 is 0.882 bits per heavy atom. The van der Waals surface area contributed by atoms with Gasteiger partial charge in [0, 0.05) is 19.7 Å². The number of alkyl halides is 3. The molecule has 4 rings (SSSR count). The Kier molecular flexibility index (Phi) is 5.60. The topological polar surface area (TPSA) is 90.2 Å². The van der Waals surface area contributed by atoms with Crippen LogP contribution in [0.2, 0.25) is 0 Å². The number of rotatable bonds is 4. The number of nitrogens with one attached hydrogen (secondary N) is 1. The molecule has 34 heavy (non-hydrogen) atoms. The van der Waals surface area contributed by atoms with Crippen LogP contribution >= 0.6 is 0 Å². The van der Waals surface area contributed by atoms with Gasteiger partial charge in [0.05, 0.1) is 32.1 Å². The van der Waals surface area contributed by atoms with E-state index in [0.29, 0.717) is 11.0 Å². The van der Waals surface area contributed by atoms with E-state index in [1.165, 1.54) is 47.5 Å². The molecule has 4 aromatic rings.